The molecule has 0 fully saturated rings. The van der Waals surface area contributed by atoms with Crippen LogP contribution in [0.1, 0.15) is 25.8 Å². The first-order valence-electron chi connectivity index (χ1n) is 9.96. The van der Waals surface area contributed by atoms with Gasteiger partial charge in [-0.2, -0.15) is 0 Å². The van der Waals surface area contributed by atoms with E-state index in [1.807, 2.05) is 13.8 Å². The minimum atomic E-state index is -1.26. The second-order valence-electron chi connectivity index (χ2n) is 7.32. The third-order valence-electron chi connectivity index (χ3n) is 4.19. The maximum atomic E-state index is 11.4. The third kappa shape index (κ3) is 9.25. The van der Waals surface area contributed by atoms with E-state index in [0.29, 0.717) is 6.42 Å². The van der Waals surface area contributed by atoms with Gasteiger partial charge < -0.3 is 20.1 Å². The molecule has 1 N–H and O–H groups in total. The molecule has 3 rings (SSSR count). The first-order chi connectivity index (χ1) is 14.8. The zero-order valence-corrected chi connectivity index (χ0v) is 20.4. The number of hydrogen-bond donors (Lipinski definition) is 1. The van der Waals surface area contributed by atoms with E-state index in [4.69, 9.17) is 5.11 Å². The average Bonchev–Trinajstić information content (AvgIpc) is 2.74. The van der Waals surface area contributed by atoms with Crippen molar-refractivity contribution in [1.82, 2.24) is 0 Å². The maximum absolute atomic E-state index is 11.4. The first-order valence-corrected chi connectivity index (χ1v) is 12.8. The Labute approximate surface area is 193 Å². The van der Waals surface area contributed by atoms with Crippen LogP contribution in [0.25, 0.3) is 0 Å². The summed E-state index contributed by atoms with van der Waals surface area (Å²) in [6, 6.07) is 24.4. The van der Waals surface area contributed by atoms with Gasteiger partial charge >= 0.3 is 89.0 Å². The molecule has 158 valence electrons. The molecule has 6 heteroatoms. The number of benzene rings is 3. The number of rotatable bonds is 7. The zero-order chi connectivity index (χ0) is 22.6. The molecule has 0 amide bonds. The van der Waals surface area contributed by atoms with Gasteiger partial charge in [0.2, 0.25) is 0 Å². The van der Waals surface area contributed by atoms with Gasteiger partial charge in [0.1, 0.15) is 5.75 Å². The summed E-state index contributed by atoms with van der Waals surface area (Å²) >= 11 is -0.517. The van der Waals surface area contributed by atoms with Crippen molar-refractivity contribution in [3.8, 4) is 11.5 Å². The predicted octanol–water partition coefficient (Wildman–Crippen LogP) is 1.39. The van der Waals surface area contributed by atoms with Crippen LogP contribution in [0.4, 0.5) is 0 Å². The number of carbonyl (C=O) groups is 1. The van der Waals surface area contributed by atoms with Crippen LogP contribution in [0, 0.1) is 5.92 Å². The van der Waals surface area contributed by atoms with E-state index in [1.165, 1.54) is 25.5 Å². The number of phenolic OH excluding ortho intramolecular Hbond substituents is 1. The van der Waals surface area contributed by atoms with E-state index in [9.17, 15) is 15.0 Å². The Bertz CT molecular complexity index is 938. The van der Waals surface area contributed by atoms with E-state index in [2.05, 4.69) is 65.7 Å². The molecule has 5 nitrogen and oxygen atoms in total. The number of aromatic hydroxyl groups is 1. The second-order valence-corrected chi connectivity index (χ2v) is 11.3. The summed E-state index contributed by atoms with van der Waals surface area (Å²) in [5.74, 6) is -1.63. The van der Waals surface area contributed by atoms with Crippen molar-refractivity contribution in [1.29, 1.82) is 0 Å². The Hall–Kier alpha value is -2.80. The van der Waals surface area contributed by atoms with Gasteiger partial charge in [-0.1, -0.05) is 25.7 Å². The van der Waals surface area contributed by atoms with Crippen molar-refractivity contribution in [3.05, 3.63) is 84.4 Å². The molecule has 0 aliphatic rings. The Balaban J connectivity index is 0.000000231. The molecular formula is C25H25NO4Sn. The number of hydrogen-bond acceptors (Lipinski definition) is 5. The van der Waals surface area contributed by atoms with Crippen LogP contribution in [0.2, 0.25) is 0 Å². The molecule has 0 aliphatic carbocycles. The van der Waals surface area contributed by atoms with Gasteiger partial charge in [-0.3, -0.25) is 4.99 Å². The summed E-state index contributed by atoms with van der Waals surface area (Å²) in [6.45, 7) is 3.76. The molecule has 3 aromatic carbocycles. The molecular weight excluding hydrogens is 497 g/mol. The fourth-order valence-electron chi connectivity index (χ4n) is 2.67. The number of carbonyl (C=O) groups excluding carboxylic acids is 1. The van der Waals surface area contributed by atoms with Gasteiger partial charge in [0.05, 0.1) is 12.0 Å². The summed E-state index contributed by atoms with van der Waals surface area (Å²) in [5.41, 5.74) is 0.239. The number of nitrogens with zero attached hydrogens (tertiary/aromatic N) is 1. The van der Waals surface area contributed by atoms with Gasteiger partial charge in [-0.25, -0.2) is 0 Å². The Kier molecular flexibility index (Phi) is 10.1. The van der Waals surface area contributed by atoms with Crippen molar-refractivity contribution in [2.45, 2.75) is 26.3 Å². The first kappa shape index (κ1) is 24.5. The van der Waals surface area contributed by atoms with E-state index in [1.54, 1.807) is 0 Å². The molecule has 0 saturated carbocycles. The fourth-order valence-corrected chi connectivity index (χ4v) is 5.68. The summed E-state index contributed by atoms with van der Waals surface area (Å²) < 4.78 is 3.08. The van der Waals surface area contributed by atoms with E-state index >= 15 is 0 Å². The van der Waals surface area contributed by atoms with Crippen LogP contribution in [0.15, 0.2) is 83.9 Å². The van der Waals surface area contributed by atoms with Crippen LogP contribution >= 0.6 is 0 Å². The molecule has 0 spiro atoms. The van der Waals surface area contributed by atoms with Gasteiger partial charge in [-0.05, 0) is 30.0 Å². The monoisotopic (exact) mass is 523 g/mol. The normalized spacial score (nSPS) is 11.5. The third-order valence-corrected chi connectivity index (χ3v) is 7.74. The quantitative estimate of drug-likeness (QED) is 0.375. The van der Waals surface area contributed by atoms with Crippen molar-refractivity contribution < 1.29 is 20.1 Å². The van der Waals surface area contributed by atoms with E-state index in [0.717, 1.165) is 6.07 Å². The molecule has 0 heterocycles. The second kappa shape index (κ2) is 12.8. The molecule has 0 bridgehead atoms. The Morgan fingerprint density at radius 3 is 2.00 bits per heavy atom. The Morgan fingerprint density at radius 1 is 1.00 bits per heavy atom. The summed E-state index contributed by atoms with van der Waals surface area (Å²) in [6.07, 6.45) is 1.57. The molecule has 0 unspecified atom stereocenters. The summed E-state index contributed by atoms with van der Waals surface area (Å²) in [7, 11) is 0. The van der Waals surface area contributed by atoms with Crippen LogP contribution in [-0.4, -0.2) is 44.5 Å². The van der Waals surface area contributed by atoms with Crippen LogP contribution in [0.5, 0.6) is 11.5 Å². The number of aliphatic imine (C=N–C) groups is 1. The molecule has 31 heavy (non-hydrogen) atoms. The minimum absolute atomic E-state index is 0.129. The number of aliphatic carboxylic acids is 1. The molecule has 1 atom stereocenters. The number of carboxylic acids is 1. The molecule has 0 radical (unpaired) electrons. The SMILES string of the molecule is CC(C)C[C@H](N=Cc1ccc(O)cc1[O-])C(=O)[O-].c1cc[c]([Sn+2][c]2ccccc2)cc1. The van der Waals surface area contributed by atoms with Crippen molar-refractivity contribution in [3.63, 3.8) is 0 Å². The number of carboxylic acid groups (broad SMARTS) is 1. The van der Waals surface area contributed by atoms with Gasteiger partial charge in [0.25, 0.3) is 0 Å². The Morgan fingerprint density at radius 2 is 1.55 bits per heavy atom. The van der Waals surface area contributed by atoms with Gasteiger partial charge in [-0.15, -0.1) is 0 Å². The molecule has 0 aliphatic heterocycles. The zero-order valence-electron chi connectivity index (χ0n) is 17.6. The molecule has 3 aromatic rings. The van der Waals surface area contributed by atoms with Gasteiger partial charge in [0.15, 0.2) is 0 Å². The average molecular weight is 522 g/mol. The topological polar surface area (TPSA) is 95.8 Å². The van der Waals surface area contributed by atoms with Crippen molar-refractivity contribution >= 4 is 40.5 Å². The predicted molar refractivity (Wildman–Crippen MR) is 121 cm³/mol. The fraction of sp³-hybridized carbons (Fsp3) is 0.200. The van der Waals surface area contributed by atoms with Crippen molar-refractivity contribution in [2.24, 2.45) is 10.9 Å². The number of phenols is 1. The van der Waals surface area contributed by atoms with Crippen LogP contribution in [0.3, 0.4) is 0 Å². The standard InChI is InChI=1S/C13H17NO4.2C6H5.Sn/c1-8(2)5-11(13(17)18)14-7-9-3-4-10(15)6-12(9)16;2*1-2-4-6-5-3-1;/h3-4,6-8,11,15-16H,5H2,1-2H3,(H,17,18);2*1-5H;/q;;;+2/p-2/t11-;;;/m0.../s1. The summed E-state index contributed by atoms with van der Waals surface area (Å²) in [4.78, 5) is 14.7. The van der Waals surface area contributed by atoms with Crippen LogP contribution < -0.4 is 17.4 Å². The molecule has 0 aromatic heterocycles. The van der Waals surface area contributed by atoms with E-state index in [-0.39, 0.29) is 17.2 Å². The van der Waals surface area contributed by atoms with E-state index < -0.39 is 38.9 Å². The molecule has 0 saturated heterocycles. The summed E-state index contributed by atoms with van der Waals surface area (Å²) in [5, 5.41) is 31.4. The van der Waals surface area contributed by atoms with Gasteiger partial charge in [0, 0.05) is 6.21 Å². The van der Waals surface area contributed by atoms with Crippen molar-refractivity contribution in [2.75, 3.05) is 0 Å². The van der Waals surface area contributed by atoms with Crippen LogP contribution in [-0.2, 0) is 4.79 Å².